The van der Waals surface area contributed by atoms with E-state index < -0.39 is 23.2 Å². The summed E-state index contributed by atoms with van der Waals surface area (Å²) in [6.45, 7) is 4.71. The smallest absolute Gasteiger partial charge is 0.346 e. The van der Waals surface area contributed by atoms with E-state index in [1.54, 1.807) is 24.3 Å². The van der Waals surface area contributed by atoms with Crippen LogP contribution in [0.2, 0.25) is 0 Å². The van der Waals surface area contributed by atoms with Crippen molar-refractivity contribution >= 4 is 5.97 Å². The minimum atomic E-state index is -1.18. The molecule has 4 rings (SSSR count). The molecule has 0 heterocycles. The Balaban J connectivity index is 1.45. The molecule has 3 aromatic rings. The molecule has 35 heavy (non-hydrogen) atoms. The fraction of sp³-hybridized carbons (Fsp3) is 0.345. The second-order valence-corrected chi connectivity index (χ2v) is 9.14. The summed E-state index contributed by atoms with van der Waals surface area (Å²) in [5.41, 5.74) is 1.73. The Morgan fingerprint density at radius 2 is 1.57 bits per heavy atom. The number of ether oxygens (including phenoxy) is 2. The van der Waals surface area contributed by atoms with Crippen LogP contribution in [0.5, 0.6) is 5.75 Å². The molecule has 0 saturated heterocycles. The predicted molar refractivity (Wildman–Crippen MR) is 129 cm³/mol. The summed E-state index contributed by atoms with van der Waals surface area (Å²) in [5.74, 6) is -2.73. The fourth-order valence-corrected chi connectivity index (χ4v) is 4.54. The van der Waals surface area contributed by atoms with Gasteiger partial charge in [0, 0.05) is 12.2 Å². The van der Waals surface area contributed by atoms with E-state index in [1.165, 1.54) is 30.3 Å². The number of hydrogen-bond donors (Lipinski definition) is 0. The molecule has 0 atom stereocenters. The van der Waals surface area contributed by atoms with E-state index in [9.17, 15) is 18.0 Å². The molecule has 0 unspecified atom stereocenters. The van der Waals surface area contributed by atoms with Crippen molar-refractivity contribution in [3.8, 4) is 16.9 Å². The summed E-state index contributed by atoms with van der Waals surface area (Å²) < 4.78 is 54.4. The topological polar surface area (TPSA) is 35.5 Å². The average Bonchev–Trinajstić information content (AvgIpc) is 2.86. The zero-order valence-corrected chi connectivity index (χ0v) is 20.0. The molecule has 0 radical (unpaired) electrons. The van der Waals surface area contributed by atoms with Crippen molar-refractivity contribution in [2.75, 3.05) is 6.61 Å². The van der Waals surface area contributed by atoms with Crippen LogP contribution in [0.1, 0.15) is 66.9 Å². The number of hydrogen-bond acceptors (Lipinski definition) is 3. The maximum absolute atomic E-state index is 14.8. The highest BCUT2D eigenvalue weighted by molar-refractivity contribution is 5.91. The monoisotopic (exact) mass is 482 g/mol. The maximum Gasteiger partial charge on any atom is 0.346 e. The van der Waals surface area contributed by atoms with Crippen LogP contribution in [-0.2, 0) is 11.3 Å². The number of benzene rings is 3. The second-order valence-electron chi connectivity index (χ2n) is 9.14. The minimum absolute atomic E-state index is 0.0311. The van der Waals surface area contributed by atoms with Gasteiger partial charge in [-0.25, -0.2) is 18.0 Å². The van der Waals surface area contributed by atoms with Crippen LogP contribution in [0.3, 0.4) is 0 Å². The molecule has 0 aliphatic heterocycles. The summed E-state index contributed by atoms with van der Waals surface area (Å²) >= 11 is 0. The van der Waals surface area contributed by atoms with Crippen LogP contribution >= 0.6 is 0 Å². The first-order valence-corrected chi connectivity index (χ1v) is 12.0. The van der Waals surface area contributed by atoms with E-state index >= 15 is 0 Å². The van der Waals surface area contributed by atoms with Crippen molar-refractivity contribution in [2.24, 2.45) is 5.92 Å². The molecule has 184 valence electrons. The summed E-state index contributed by atoms with van der Waals surface area (Å²) in [6, 6.07) is 14.1. The van der Waals surface area contributed by atoms with Crippen LogP contribution in [0.4, 0.5) is 13.2 Å². The molecule has 1 saturated carbocycles. The standard InChI is InChI=1S/C29H29F3O3/c1-3-34-17-22-9-8-21(16-26(22)30)19-10-12-23(13-11-19)35-29(33)25-15-14-24(27(31)28(25)32)20-6-4-18(2)5-7-20/h8-16,18,20H,3-7,17H2,1-2H3. The van der Waals surface area contributed by atoms with Gasteiger partial charge in [-0.3, -0.25) is 0 Å². The molecule has 6 heteroatoms. The zero-order chi connectivity index (χ0) is 24.9. The third kappa shape index (κ3) is 5.76. The van der Waals surface area contributed by atoms with Gasteiger partial charge in [0.2, 0.25) is 0 Å². The normalized spacial score (nSPS) is 17.9. The molecule has 3 nitrogen and oxygen atoms in total. The van der Waals surface area contributed by atoms with Gasteiger partial charge in [-0.2, -0.15) is 0 Å². The summed E-state index contributed by atoms with van der Waals surface area (Å²) in [7, 11) is 0. The molecule has 1 aliphatic carbocycles. The first-order chi connectivity index (χ1) is 16.9. The lowest BCUT2D eigenvalue weighted by Crippen LogP contribution is -2.16. The highest BCUT2D eigenvalue weighted by Gasteiger charge is 2.27. The Morgan fingerprint density at radius 3 is 2.23 bits per heavy atom. The molecule has 1 aliphatic rings. The van der Waals surface area contributed by atoms with Crippen molar-refractivity contribution in [1.82, 2.24) is 0 Å². The van der Waals surface area contributed by atoms with E-state index in [2.05, 4.69) is 6.92 Å². The number of halogens is 3. The lowest BCUT2D eigenvalue weighted by molar-refractivity contribution is 0.0728. The van der Waals surface area contributed by atoms with Gasteiger partial charge in [0.25, 0.3) is 0 Å². The first-order valence-electron chi connectivity index (χ1n) is 12.0. The molecular weight excluding hydrogens is 453 g/mol. The summed E-state index contributed by atoms with van der Waals surface area (Å²) in [5, 5.41) is 0. The Kier molecular flexibility index (Phi) is 7.91. The van der Waals surface area contributed by atoms with Crippen molar-refractivity contribution in [2.45, 2.75) is 52.1 Å². The molecule has 3 aromatic carbocycles. The molecule has 0 bridgehead atoms. The third-order valence-corrected chi connectivity index (χ3v) is 6.70. The molecule has 0 amide bonds. The van der Waals surface area contributed by atoms with E-state index in [0.717, 1.165) is 31.2 Å². The Labute approximate surface area is 203 Å². The minimum Gasteiger partial charge on any atom is -0.423 e. The van der Waals surface area contributed by atoms with Crippen molar-refractivity contribution < 1.29 is 27.4 Å². The molecule has 1 fully saturated rings. The quantitative estimate of drug-likeness (QED) is 0.254. The number of carbonyl (C=O) groups is 1. The lowest BCUT2D eigenvalue weighted by Gasteiger charge is -2.27. The van der Waals surface area contributed by atoms with Crippen LogP contribution in [0, 0.1) is 23.4 Å². The predicted octanol–water partition coefficient (Wildman–Crippen LogP) is 7.82. The average molecular weight is 483 g/mol. The van der Waals surface area contributed by atoms with Gasteiger partial charge < -0.3 is 9.47 Å². The van der Waals surface area contributed by atoms with Gasteiger partial charge in [-0.15, -0.1) is 0 Å². The molecule has 0 aromatic heterocycles. The largest absolute Gasteiger partial charge is 0.423 e. The van der Waals surface area contributed by atoms with Gasteiger partial charge in [-0.1, -0.05) is 50.1 Å². The number of rotatable bonds is 7. The Bertz CT molecular complexity index is 1180. The highest BCUT2D eigenvalue weighted by Crippen LogP contribution is 2.37. The van der Waals surface area contributed by atoms with Gasteiger partial charge in [-0.05, 0) is 72.6 Å². The maximum atomic E-state index is 14.8. The summed E-state index contributed by atoms with van der Waals surface area (Å²) in [4.78, 5) is 12.6. The van der Waals surface area contributed by atoms with Gasteiger partial charge in [0.05, 0.1) is 12.2 Å². The van der Waals surface area contributed by atoms with E-state index in [0.29, 0.717) is 29.2 Å². The zero-order valence-electron chi connectivity index (χ0n) is 20.0. The van der Waals surface area contributed by atoms with Crippen LogP contribution < -0.4 is 4.74 Å². The second kappa shape index (κ2) is 11.1. The van der Waals surface area contributed by atoms with Gasteiger partial charge >= 0.3 is 5.97 Å². The summed E-state index contributed by atoms with van der Waals surface area (Å²) in [6.07, 6.45) is 3.59. The third-order valence-electron chi connectivity index (χ3n) is 6.70. The number of esters is 1. The van der Waals surface area contributed by atoms with E-state index in [-0.39, 0.29) is 24.1 Å². The molecule has 0 N–H and O–H groups in total. The number of carbonyl (C=O) groups excluding carboxylic acids is 1. The van der Waals surface area contributed by atoms with Crippen molar-refractivity contribution in [3.63, 3.8) is 0 Å². The van der Waals surface area contributed by atoms with E-state index in [4.69, 9.17) is 9.47 Å². The highest BCUT2D eigenvalue weighted by atomic mass is 19.2. The molecular formula is C29H29F3O3. The lowest BCUT2D eigenvalue weighted by atomic mass is 9.79. The van der Waals surface area contributed by atoms with Gasteiger partial charge in [0.15, 0.2) is 11.6 Å². The van der Waals surface area contributed by atoms with Crippen LogP contribution in [0.15, 0.2) is 54.6 Å². The molecule has 0 spiro atoms. The fourth-order valence-electron chi connectivity index (χ4n) is 4.54. The van der Waals surface area contributed by atoms with Crippen LogP contribution in [0.25, 0.3) is 11.1 Å². The first kappa shape index (κ1) is 25.0. The van der Waals surface area contributed by atoms with E-state index in [1.807, 2.05) is 6.92 Å². The Hall–Kier alpha value is -3.12. The van der Waals surface area contributed by atoms with Crippen molar-refractivity contribution in [1.29, 1.82) is 0 Å². The Morgan fingerprint density at radius 1 is 0.886 bits per heavy atom. The van der Waals surface area contributed by atoms with Gasteiger partial charge in [0.1, 0.15) is 11.6 Å². The van der Waals surface area contributed by atoms with Crippen molar-refractivity contribution in [3.05, 3.63) is 88.7 Å². The van der Waals surface area contributed by atoms with Crippen LogP contribution in [-0.4, -0.2) is 12.6 Å². The SMILES string of the molecule is CCOCc1ccc(-c2ccc(OC(=O)c3ccc(C4CCC(C)CC4)c(F)c3F)cc2)cc1F.